The molecule has 1 N–H and O–H groups in total. The van der Waals surface area contributed by atoms with Gasteiger partial charge in [0.15, 0.2) is 5.78 Å². The number of halogens is 3. The number of carbonyl (C=O) groups excluding carboxylic acids is 1. The minimum Gasteiger partial charge on any atom is -0.315 e. The third-order valence-corrected chi connectivity index (χ3v) is 4.71. The summed E-state index contributed by atoms with van der Waals surface area (Å²) in [5.41, 5.74) is -1.62. The van der Waals surface area contributed by atoms with E-state index >= 15 is 0 Å². The number of ketones is 1. The topological polar surface area (TPSA) is 42.0 Å². The van der Waals surface area contributed by atoms with Crippen molar-refractivity contribution in [2.45, 2.75) is 45.2 Å². The first kappa shape index (κ1) is 16.4. The molecule has 0 saturated carbocycles. The van der Waals surface area contributed by atoms with Crippen LogP contribution in [0.1, 0.15) is 37.9 Å². The predicted octanol–water partition coefficient (Wildman–Crippen LogP) is 3.09. The summed E-state index contributed by atoms with van der Waals surface area (Å²) < 4.78 is 39.9. The number of thiazole rings is 1. The predicted molar refractivity (Wildman–Crippen MR) is 75.5 cm³/mol. The molecule has 0 aliphatic carbocycles. The number of alkyl halides is 3. The van der Waals surface area contributed by atoms with E-state index in [4.69, 9.17) is 0 Å². The first-order valence-corrected chi connectivity index (χ1v) is 7.70. The van der Waals surface area contributed by atoms with Crippen molar-refractivity contribution in [2.75, 3.05) is 13.1 Å². The van der Waals surface area contributed by atoms with Crippen LogP contribution in [0.25, 0.3) is 0 Å². The Hall–Kier alpha value is -0.950. The van der Waals surface area contributed by atoms with Crippen LogP contribution in [0.15, 0.2) is 5.38 Å². The van der Waals surface area contributed by atoms with Crippen molar-refractivity contribution in [2.24, 2.45) is 5.41 Å². The van der Waals surface area contributed by atoms with Crippen molar-refractivity contribution in [3.8, 4) is 0 Å². The highest BCUT2D eigenvalue weighted by Crippen LogP contribution is 2.44. The number of aromatic nitrogens is 1. The van der Waals surface area contributed by atoms with E-state index in [1.807, 2.05) is 26.2 Å². The van der Waals surface area contributed by atoms with Crippen molar-refractivity contribution in [1.29, 1.82) is 0 Å². The molecule has 1 unspecified atom stereocenters. The molecule has 0 aromatic carbocycles. The zero-order valence-electron chi connectivity index (χ0n) is 12.3. The highest BCUT2D eigenvalue weighted by Gasteiger charge is 2.60. The number of rotatable bonds is 3. The van der Waals surface area contributed by atoms with Crippen LogP contribution in [0, 0.1) is 5.41 Å². The van der Waals surface area contributed by atoms with Crippen molar-refractivity contribution >= 4 is 17.1 Å². The van der Waals surface area contributed by atoms with E-state index in [0.717, 1.165) is 5.69 Å². The normalized spacial score (nSPS) is 23.5. The van der Waals surface area contributed by atoms with Gasteiger partial charge in [-0.25, -0.2) is 4.98 Å². The van der Waals surface area contributed by atoms with Gasteiger partial charge in [0, 0.05) is 17.3 Å². The molecule has 21 heavy (non-hydrogen) atoms. The average molecular weight is 320 g/mol. The van der Waals surface area contributed by atoms with Crippen molar-refractivity contribution in [3.05, 3.63) is 16.1 Å². The van der Waals surface area contributed by atoms with Gasteiger partial charge in [0.25, 0.3) is 0 Å². The van der Waals surface area contributed by atoms with Gasteiger partial charge in [-0.2, -0.15) is 13.2 Å². The standard InChI is InChI=1S/C14H19F3N2OS/c1-12(2,3)9-7-21-11(19-9)6-10(20)13(14(15,16)17)4-5-18-8-13/h7,18H,4-6,8H2,1-3H3. The molecule has 1 saturated heterocycles. The maximum absolute atomic E-state index is 13.3. The summed E-state index contributed by atoms with van der Waals surface area (Å²) in [5.74, 6) is -0.783. The quantitative estimate of drug-likeness (QED) is 0.930. The van der Waals surface area contributed by atoms with Gasteiger partial charge in [0.1, 0.15) is 10.4 Å². The van der Waals surface area contributed by atoms with Crippen LogP contribution in [0.5, 0.6) is 0 Å². The summed E-state index contributed by atoms with van der Waals surface area (Å²) in [5, 5.41) is 4.93. The van der Waals surface area contributed by atoms with Gasteiger partial charge in [-0.15, -0.1) is 11.3 Å². The smallest absolute Gasteiger partial charge is 0.315 e. The maximum atomic E-state index is 13.3. The van der Waals surface area contributed by atoms with Crippen molar-refractivity contribution in [3.63, 3.8) is 0 Å². The number of carbonyl (C=O) groups is 1. The monoisotopic (exact) mass is 320 g/mol. The molecule has 0 radical (unpaired) electrons. The van der Waals surface area contributed by atoms with Gasteiger partial charge >= 0.3 is 6.18 Å². The third-order valence-electron chi connectivity index (χ3n) is 3.86. The molecule has 1 aliphatic heterocycles. The zero-order chi connectivity index (χ0) is 15.9. The maximum Gasteiger partial charge on any atom is 0.402 e. The number of hydrogen-bond donors (Lipinski definition) is 1. The first-order chi connectivity index (χ1) is 9.56. The van der Waals surface area contributed by atoms with E-state index in [-0.39, 0.29) is 31.3 Å². The van der Waals surface area contributed by atoms with E-state index in [2.05, 4.69) is 10.3 Å². The number of hydrogen-bond acceptors (Lipinski definition) is 4. The summed E-state index contributed by atoms with van der Waals surface area (Å²) in [4.78, 5) is 16.6. The molecule has 2 rings (SSSR count). The van der Waals surface area contributed by atoms with Gasteiger partial charge < -0.3 is 5.32 Å². The van der Waals surface area contributed by atoms with E-state index in [1.165, 1.54) is 11.3 Å². The molecule has 0 spiro atoms. The van der Waals surface area contributed by atoms with Gasteiger partial charge in [-0.3, -0.25) is 4.79 Å². The van der Waals surface area contributed by atoms with Gasteiger partial charge in [-0.1, -0.05) is 20.8 Å². The Morgan fingerprint density at radius 2 is 2.10 bits per heavy atom. The molecule has 118 valence electrons. The average Bonchev–Trinajstić information content (AvgIpc) is 2.95. The van der Waals surface area contributed by atoms with Crippen LogP contribution in [0.4, 0.5) is 13.2 Å². The molecule has 0 amide bonds. The molecule has 7 heteroatoms. The number of Topliss-reactive ketones (excluding diaryl/α,β-unsaturated/α-hetero) is 1. The second-order valence-electron chi connectivity index (χ2n) is 6.48. The highest BCUT2D eigenvalue weighted by atomic mass is 32.1. The first-order valence-electron chi connectivity index (χ1n) is 6.82. The Balaban J connectivity index is 2.19. The van der Waals surface area contributed by atoms with E-state index in [0.29, 0.717) is 5.01 Å². The van der Waals surface area contributed by atoms with Crippen LogP contribution in [0.2, 0.25) is 0 Å². The Bertz CT molecular complexity index is 525. The molecule has 3 nitrogen and oxygen atoms in total. The minimum atomic E-state index is -4.52. The molecule has 1 atom stereocenters. The van der Waals surface area contributed by atoms with E-state index in [9.17, 15) is 18.0 Å². The number of nitrogens with zero attached hydrogens (tertiary/aromatic N) is 1. The Kier molecular flexibility index (Phi) is 4.19. The van der Waals surface area contributed by atoms with Gasteiger partial charge in [0.2, 0.25) is 0 Å². The summed E-state index contributed by atoms with van der Waals surface area (Å²) in [7, 11) is 0. The van der Waals surface area contributed by atoms with Crippen LogP contribution in [-0.4, -0.2) is 30.0 Å². The van der Waals surface area contributed by atoms with Crippen LogP contribution in [-0.2, 0) is 16.6 Å². The fourth-order valence-electron chi connectivity index (χ4n) is 2.37. The lowest BCUT2D eigenvalue weighted by Gasteiger charge is -2.28. The minimum absolute atomic E-state index is 0.172. The second kappa shape index (κ2) is 5.35. The van der Waals surface area contributed by atoms with Crippen molar-refractivity contribution in [1.82, 2.24) is 10.3 Å². The molecule has 2 heterocycles. The molecule has 0 bridgehead atoms. The molecular weight excluding hydrogens is 301 g/mol. The largest absolute Gasteiger partial charge is 0.402 e. The van der Waals surface area contributed by atoms with E-state index in [1.54, 1.807) is 0 Å². The zero-order valence-corrected chi connectivity index (χ0v) is 13.1. The van der Waals surface area contributed by atoms with E-state index < -0.39 is 17.4 Å². The lowest BCUT2D eigenvalue weighted by Crippen LogP contribution is -2.47. The lowest BCUT2D eigenvalue weighted by molar-refractivity contribution is -0.214. The third kappa shape index (κ3) is 3.13. The summed E-state index contributed by atoms with van der Waals surface area (Å²) in [6.07, 6.45) is -4.95. The SMILES string of the molecule is CC(C)(C)c1csc(CC(=O)C2(C(F)(F)F)CCNC2)n1. The fraction of sp³-hybridized carbons (Fsp3) is 0.714. The highest BCUT2D eigenvalue weighted by molar-refractivity contribution is 7.09. The molecule has 1 aliphatic rings. The van der Waals surface area contributed by atoms with Crippen molar-refractivity contribution < 1.29 is 18.0 Å². The fourth-order valence-corrected chi connectivity index (χ4v) is 3.39. The molecule has 1 aromatic heterocycles. The molecule has 1 fully saturated rings. The summed E-state index contributed by atoms with van der Waals surface area (Å²) >= 11 is 1.25. The Labute approximate surface area is 126 Å². The molecular formula is C14H19F3N2OS. The van der Waals surface area contributed by atoms with Crippen LogP contribution < -0.4 is 5.32 Å². The molecule has 1 aromatic rings. The Morgan fingerprint density at radius 1 is 1.43 bits per heavy atom. The summed E-state index contributed by atoms with van der Waals surface area (Å²) in [6, 6.07) is 0. The van der Waals surface area contributed by atoms with Crippen LogP contribution >= 0.6 is 11.3 Å². The summed E-state index contributed by atoms with van der Waals surface area (Å²) in [6.45, 7) is 5.83. The second-order valence-corrected chi connectivity index (χ2v) is 7.43. The number of nitrogens with one attached hydrogen (secondary N) is 1. The van der Waals surface area contributed by atoms with Gasteiger partial charge in [0.05, 0.1) is 12.1 Å². The van der Waals surface area contributed by atoms with Crippen LogP contribution in [0.3, 0.4) is 0 Å². The Morgan fingerprint density at radius 3 is 2.52 bits per heavy atom. The lowest BCUT2D eigenvalue weighted by atomic mass is 9.80. The van der Waals surface area contributed by atoms with Gasteiger partial charge in [-0.05, 0) is 13.0 Å².